The molecule has 4 amide bonds. The zero-order valence-corrected chi connectivity index (χ0v) is 17.6. The first-order valence-electron chi connectivity index (χ1n) is 9.68. The van der Waals surface area contributed by atoms with Crippen molar-refractivity contribution in [1.29, 1.82) is 0 Å². The number of aryl methyl sites for hydroxylation is 1. The summed E-state index contributed by atoms with van der Waals surface area (Å²) in [4.78, 5) is 46.3. The summed E-state index contributed by atoms with van der Waals surface area (Å²) in [5.74, 6) is -1.18. The van der Waals surface area contributed by atoms with Crippen LogP contribution >= 0.6 is 11.8 Å². The van der Waals surface area contributed by atoms with Gasteiger partial charge in [-0.1, -0.05) is 24.3 Å². The van der Waals surface area contributed by atoms with E-state index < -0.39 is 17.8 Å². The van der Waals surface area contributed by atoms with Crippen molar-refractivity contribution >= 4 is 52.4 Å². The molecule has 1 aliphatic rings. The number of nitrogens with zero attached hydrogens (tertiary/aromatic N) is 2. The second-order valence-corrected chi connectivity index (χ2v) is 8.11. The highest BCUT2D eigenvalue weighted by molar-refractivity contribution is 7.99. The maximum Gasteiger partial charge on any atom is 0.335 e. The fourth-order valence-corrected chi connectivity index (χ4v) is 4.11. The number of amides is 4. The molecule has 5 rings (SSSR count). The molecule has 0 unspecified atom stereocenters. The zero-order valence-electron chi connectivity index (χ0n) is 16.8. The molecule has 158 valence electrons. The molecule has 0 aliphatic carbocycles. The third-order valence-corrected chi connectivity index (χ3v) is 5.62. The van der Waals surface area contributed by atoms with Crippen molar-refractivity contribution in [2.75, 3.05) is 4.90 Å². The number of barbiturate groups is 1. The lowest BCUT2D eigenvalue weighted by Crippen LogP contribution is -2.54. The van der Waals surface area contributed by atoms with Crippen molar-refractivity contribution in [3.8, 4) is 0 Å². The first-order valence-corrected chi connectivity index (χ1v) is 10.5. The number of imidazole rings is 1. The number of nitrogens with one attached hydrogen (secondary N) is 2. The predicted molar refractivity (Wildman–Crippen MR) is 119 cm³/mol. The maximum absolute atomic E-state index is 13.0. The molecule has 3 heterocycles. The van der Waals surface area contributed by atoms with Crippen molar-refractivity contribution in [2.45, 2.75) is 17.2 Å². The summed E-state index contributed by atoms with van der Waals surface area (Å²) in [5.41, 5.74) is 2.82. The third-order valence-electron chi connectivity index (χ3n) is 4.82. The number of hydrogen-bond donors (Lipinski definition) is 2. The first-order chi connectivity index (χ1) is 15.5. The van der Waals surface area contributed by atoms with Crippen LogP contribution in [-0.4, -0.2) is 27.8 Å². The minimum Gasteiger partial charge on any atom is -0.450 e. The van der Waals surface area contributed by atoms with Crippen molar-refractivity contribution in [1.82, 2.24) is 15.3 Å². The number of fused-ring (bicyclic) bond motifs is 1. The van der Waals surface area contributed by atoms with Crippen LogP contribution < -0.4 is 10.2 Å². The van der Waals surface area contributed by atoms with Gasteiger partial charge in [0.2, 0.25) is 0 Å². The van der Waals surface area contributed by atoms with Crippen LogP contribution in [0, 0.1) is 6.92 Å². The fourth-order valence-electron chi connectivity index (χ4n) is 3.34. The molecule has 9 heteroatoms. The van der Waals surface area contributed by atoms with E-state index in [9.17, 15) is 14.4 Å². The highest BCUT2D eigenvalue weighted by atomic mass is 32.2. The SMILES string of the molecule is Cc1cccc(N2C(=O)NC(=O)/C(=C\c3ccc(Sc4nc5ccccc5[nH]4)o3)C2=O)c1. The molecule has 0 radical (unpaired) electrons. The Morgan fingerprint density at radius 2 is 1.88 bits per heavy atom. The summed E-state index contributed by atoms with van der Waals surface area (Å²) in [6.07, 6.45) is 1.33. The number of carbonyl (C=O) groups is 3. The molecule has 1 aliphatic heterocycles. The molecule has 2 aromatic heterocycles. The van der Waals surface area contributed by atoms with Crippen LogP contribution in [-0.2, 0) is 9.59 Å². The second-order valence-electron chi connectivity index (χ2n) is 7.11. The number of aromatic nitrogens is 2. The average molecular weight is 444 g/mol. The molecule has 0 spiro atoms. The Hall–Kier alpha value is -4.11. The average Bonchev–Trinajstić information content (AvgIpc) is 3.37. The first kappa shape index (κ1) is 19.8. The van der Waals surface area contributed by atoms with Crippen LogP contribution in [0.3, 0.4) is 0 Å². The quantitative estimate of drug-likeness (QED) is 0.359. The fraction of sp³-hybridized carbons (Fsp3) is 0.0435. The van der Waals surface area contributed by atoms with Crippen LogP contribution in [0.1, 0.15) is 11.3 Å². The number of imide groups is 2. The van der Waals surface area contributed by atoms with Gasteiger partial charge in [-0.2, -0.15) is 0 Å². The minimum atomic E-state index is -0.789. The molecule has 4 aromatic rings. The molecule has 1 saturated heterocycles. The maximum atomic E-state index is 13.0. The van der Waals surface area contributed by atoms with Gasteiger partial charge >= 0.3 is 6.03 Å². The summed E-state index contributed by atoms with van der Waals surface area (Å²) in [7, 11) is 0. The summed E-state index contributed by atoms with van der Waals surface area (Å²) >= 11 is 1.28. The van der Waals surface area contributed by atoms with Gasteiger partial charge in [-0.25, -0.2) is 14.7 Å². The van der Waals surface area contributed by atoms with E-state index in [2.05, 4.69) is 15.3 Å². The summed E-state index contributed by atoms with van der Waals surface area (Å²) in [5, 5.41) is 3.40. The highest BCUT2D eigenvalue weighted by Gasteiger charge is 2.37. The van der Waals surface area contributed by atoms with E-state index in [1.54, 1.807) is 30.3 Å². The predicted octanol–water partition coefficient (Wildman–Crippen LogP) is 4.28. The van der Waals surface area contributed by atoms with Crippen molar-refractivity contribution in [2.24, 2.45) is 0 Å². The molecule has 32 heavy (non-hydrogen) atoms. The number of anilines is 1. The molecule has 2 aromatic carbocycles. The van der Waals surface area contributed by atoms with Crippen molar-refractivity contribution in [3.05, 3.63) is 77.6 Å². The van der Waals surface area contributed by atoms with E-state index in [0.29, 0.717) is 21.7 Å². The number of para-hydroxylation sites is 2. The van der Waals surface area contributed by atoms with E-state index >= 15 is 0 Å². The Kier molecular flexibility index (Phi) is 4.87. The number of rotatable bonds is 4. The van der Waals surface area contributed by atoms with Gasteiger partial charge in [-0.3, -0.25) is 14.9 Å². The lowest BCUT2D eigenvalue weighted by Gasteiger charge is -2.26. The van der Waals surface area contributed by atoms with E-state index in [0.717, 1.165) is 21.5 Å². The van der Waals surface area contributed by atoms with E-state index in [1.165, 1.54) is 17.8 Å². The van der Waals surface area contributed by atoms with Gasteiger partial charge in [-0.05, 0) is 66.7 Å². The van der Waals surface area contributed by atoms with E-state index in [1.807, 2.05) is 37.3 Å². The molecule has 0 atom stereocenters. The Morgan fingerprint density at radius 1 is 1.03 bits per heavy atom. The highest BCUT2D eigenvalue weighted by Crippen LogP contribution is 2.30. The van der Waals surface area contributed by atoms with Crippen LogP contribution in [0.5, 0.6) is 0 Å². The smallest absolute Gasteiger partial charge is 0.335 e. The standard InChI is InChI=1S/C23H16N4O4S/c1-13-5-4-6-14(11-13)27-21(29)16(20(28)26-23(27)30)12-15-9-10-19(31-15)32-22-24-17-7-2-3-8-18(17)25-22/h2-12H,1H3,(H,24,25)(H,26,28,30)/b16-12+. The number of benzene rings is 2. The van der Waals surface area contributed by atoms with Crippen LogP contribution in [0.2, 0.25) is 0 Å². The Balaban J connectivity index is 1.41. The molecular weight excluding hydrogens is 428 g/mol. The molecule has 2 N–H and O–H groups in total. The van der Waals surface area contributed by atoms with Crippen molar-refractivity contribution in [3.63, 3.8) is 0 Å². The Morgan fingerprint density at radius 3 is 2.69 bits per heavy atom. The van der Waals surface area contributed by atoms with Crippen LogP contribution in [0.15, 0.2) is 80.9 Å². The molecule has 0 bridgehead atoms. The zero-order chi connectivity index (χ0) is 22.2. The number of urea groups is 1. The molecule has 1 fully saturated rings. The number of carbonyl (C=O) groups excluding carboxylic acids is 3. The number of furan rings is 1. The summed E-state index contributed by atoms with van der Waals surface area (Å²) in [6, 6.07) is 17.2. The third kappa shape index (κ3) is 3.69. The second kappa shape index (κ2) is 7.86. The van der Waals surface area contributed by atoms with Crippen molar-refractivity contribution < 1.29 is 18.8 Å². The number of hydrogen-bond acceptors (Lipinski definition) is 6. The monoisotopic (exact) mass is 444 g/mol. The number of aromatic amines is 1. The normalized spacial score (nSPS) is 15.6. The summed E-state index contributed by atoms with van der Waals surface area (Å²) < 4.78 is 5.76. The molecular formula is C23H16N4O4S. The Bertz CT molecular complexity index is 1390. The minimum absolute atomic E-state index is 0.194. The number of H-pyrrole nitrogens is 1. The lowest BCUT2D eigenvalue weighted by molar-refractivity contribution is -0.122. The van der Waals surface area contributed by atoms with Gasteiger partial charge in [0, 0.05) is 0 Å². The van der Waals surface area contributed by atoms with Gasteiger partial charge in [0.25, 0.3) is 11.8 Å². The Labute approximate surface area is 186 Å². The summed E-state index contributed by atoms with van der Waals surface area (Å²) in [6.45, 7) is 1.85. The van der Waals surface area contributed by atoms with Gasteiger partial charge in [0.15, 0.2) is 10.2 Å². The van der Waals surface area contributed by atoms with E-state index in [-0.39, 0.29) is 5.57 Å². The van der Waals surface area contributed by atoms with Gasteiger partial charge in [0.05, 0.1) is 16.7 Å². The van der Waals surface area contributed by atoms with Crippen LogP contribution in [0.4, 0.5) is 10.5 Å². The van der Waals surface area contributed by atoms with Crippen LogP contribution in [0.25, 0.3) is 17.1 Å². The van der Waals surface area contributed by atoms with Gasteiger partial charge in [-0.15, -0.1) is 0 Å². The van der Waals surface area contributed by atoms with E-state index in [4.69, 9.17) is 4.42 Å². The molecule has 0 saturated carbocycles. The molecule has 8 nitrogen and oxygen atoms in total. The van der Waals surface area contributed by atoms with Gasteiger partial charge < -0.3 is 9.40 Å². The largest absolute Gasteiger partial charge is 0.450 e. The lowest BCUT2D eigenvalue weighted by atomic mass is 10.1. The van der Waals surface area contributed by atoms with Gasteiger partial charge in [0.1, 0.15) is 11.3 Å². The topological polar surface area (TPSA) is 108 Å².